The van der Waals surface area contributed by atoms with Crippen molar-refractivity contribution in [3.63, 3.8) is 0 Å². The third-order valence-electron chi connectivity index (χ3n) is 3.29. The molecule has 0 amide bonds. The van der Waals surface area contributed by atoms with Crippen molar-refractivity contribution in [3.8, 4) is 0 Å². The van der Waals surface area contributed by atoms with Gasteiger partial charge in [-0.15, -0.1) is 0 Å². The zero-order valence-electron chi connectivity index (χ0n) is 9.47. The smallest absolute Gasteiger partial charge is 0.0420 e. The summed E-state index contributed by atoms with van der Waals surface area (Å²) < 4.78 is 1.07. The fraction of sp³-hybridized carbons (Fsp3) is 0.538. The lowest BCUT2D eigenvalue weighted by Crippen LogP contribution is -2.32. The second kappa shape index (κ2) is 5.52. The Morgan fingerprint density at radius 3 is 2.69 bits per heavy atom. The summed E-state index contributed by atoms with van der Waals surface area (Å²) in [4.78, 5) is 0. The van der Waals surface area contributed by atoms with Crippen molar-refractivity contribution in [2.24, 2.45) is 5.92 Å². The van der Waals surface area contributed by atoms with Gasteiger partial charge in [-0.25, -0.2) is 0 Å². The number of benzene rings is 1. The molecule has 1 unspecified atom stereocenters. The predicted octanol–water partition coefficient (Wildman–Crippen LogP) is 4.55. The van der Waals surface area contributed by atoms with E-state index in [9.17, 15) is 0 Å². The van der Waals surface area contributed by atoms with Gasteiger partial charge >= 0.3 is 0 Å². The van der Waals surface area contributed by atoms with Gasteiger partial charge in [0, 0.05) is 15.5 Å². The Balaban J connectivity index is 2.22. The van der Waals surface area contributed by atoms with Gasteiger partial charge in [-0.05, 0) is 49.1 Å². The van der Waals surface area contributed by atoms with Crippen molar-refractivity contribution in [1.82, 2.24) is 5.32 Å². The molecule has 16 heavy (non-hydrogen) atoms. The van der Waals surface area contributed by atoms with Crippen LogP contribution in [0.4, 0.5) is 0 Å². The van der Waals surface area contributed by atoms with Crippen LogP contribution in [0.25, 0.3) is 0 Å². The summed E-state index contributed by atoms with van der Waals surface area (Å²) in [6.45, 7) is 3.16. The quantitative estimate of drug-likeness (QED) is 0.860. The Morgan fingerprint density at radius 2 is 2.19 bits per heavy atom. The van der Waals surface area contributed by atoms with Crippen molar-refractivity contribution in [2.45, 2.75) is 32.2 Å². The van der Waals surface area contributed by atoms with Crippen LogP contribution in [0.15, 0.2) is 22.7 Å². The Hall–Kier alpha value is -0.0500. The van der Waals surface area contributed by atoms with E-state index in [1.807, 2.05) is 6.07 Å². The van der Waals surface area contributed by atoms with E-state index in [0.717, 1.165) is 22.0 Å². The molecular formula is C13H17BrClN. The molecule has 0 saturated heterocycles. The summed E-state index contributed by atoms with van der Waals surface area (Å²) in [6.07, 6.45) is 4.04. The first kappa shape index (κ1) is 12.4. The number of hydrogen-bond donors (Lipinski definition) is 1. The summed E-state index contributed by atoms with van der Waals surface area (Å²) in [7, 11) is 0. The summed E-state index contributed by atoms with van der Waals surface area (Å²) in [5.74, 6) is 0.783. The van der Waals surface area contributed by atoms with Gasteiger partial charge in [0.15, 0.2) is 0 Å². The lowest BCUT2D eigenvalue weighted by atomic mass is 9.77. The average molecular weight is 303 g/mol. The average Bonchev–Trinajstić information content (AvgIpc) is 2.12. The number of hydrogen-bond acceptors (Lipinski definition) is 1. The molecule has 1 saturated carbocycles. The zero-order valence-corrected chi connectivity index (χ0v) is 11.8. The van der Waals surface area contributed by atoms with E-state index in [1.54, 1.807) is 0 Å². The monoisotopic (exact) mass is 301 g/mol. The van der Waals surface area contributed by atoms with E-state index in [2.05, 4.69) is 40.3 Å². The van der Waals surface area contributed by atoms with Crippen molar-refractivity contribution in [1.29, 1.82) is 0 Å². The highest BCUT2D eigenvalue weighted by Gasteiger charge is 2.28. The molecule has 3 heteroatoms. The molecule has 0 aliphatic heterocycles. The van der Waals surface area contributed by atoms with Gasteiger partial charge in [0.2, 0.25) is 0 Å². The van der Waals surface area contributed by atoms with Gasteiger partial charge in [-0.1, -0.05) is 40.9 Å². The van der Waals surface area contributed by atoms with Crippen LogP contribution < -0.4 is 5.32 Å². The van der Waals surface area contributed by atoms with Crippen LogP contribution in [0.5, 0.6) is 0 Å². The maximum atomic E-state index is 6.10. The molecule has 2 rings (SSSR count). The molecule has 1 aliphatic carbocycles. The van der Waals surface area contributed by atoms with Crippen LogP contribution in [-0.4, -0.2) is 6.54 Å². The van der Waals surface area contributed by atoms with E-state index in [4.69, 9.17) is 11.6 Å². The Morgan fingerprint density at radius 1 is 1.44 bits per heavy atom. The van der Waals surface area contributed by atoms with Crippen LogP contribution in [0.2, 0.25) is 5.02 Å². The van der Waals surface area contributed by atoms with Gasteiger partial charge in [-0.2, -0.15) is 0 Å². The van der Waals surface area contributed by atoms with Gasteiger partial charge < -0.3 is 5.32 Å². The van der Waals surface area contributed by atoms with Gasteiger partial charge in [-0.3, -0.25) is 0 Å². The second-order valence-corrected chi connectivity index (χ2v) is 5.78. The third kappa shape index (κ3) is 2.79. The van der Waals surface area contributed by atoms with Gasteiger partial charge in [0.1, 0.15) is 0 Å². The second-order valence-electron chi connectivity index (χ2n) is 4.43. The molecule has 1 N–H and O–H groups in total. The lowest BCUT2D eigenvalue weighted by molar-refractivity contribution is 0.233. The largest absolute Gasteiger partial charge is 0.310 e. The normalized spacial score (nSPS) is 18.2. The SMILES string of the molecule is CCNC(c1cc(Cl)cc(Br)c1)C1CCC1. The standard InChI is InChI=1S/C13H17BrClN/c1-2-16-13(9-4-3-5-9)10-6-11(14)8-12(15)7-10/h6-9,13,16H,2-5H2,1H3. The Bertz CT molecular complexity index is 343. The van der Waals surface area contributed by atoms with Crippen molar-refractivity contribution < 1.29 is 0 Å². The minimum Gasteiger partial charge on any atom is -0.310 e. The van der Waals surface area contributed by atoms with E-state index < -0.39 is 0 Å². The summed E-state index contributed by atoms with van der Waals surface area (Å²) >= 11 is 9.61. The minimum absolute atomic E-state index is 0.466. The van der Waals surface area contributed by atoms with E-state index in [0.29, 0.717) is 6.04 Å². The number of halogens is 2. The van der Waals surface area contributed by atoms with Crippen molar-refractivity contribution in [3.05, 3.63) is 33.3 Å². The van der Waals surface area contributed by atoms with Gasteiger partial charge in [0.25, 0.3) is 0 Å². The highest BCUT2D eigenvalue weighted by molar-refractivity contribution is 9.10. The Labute approximate surface area is 111 Å². The third-order valence-corrected chi connectivity index (χ3v) is 3.97. The summed E-state index contributed by atoms with van der Waals surface area (Å²) in [5.41, 5.74) is 1.31. The molecule has 1 fully saturated rings. The minimum atomic E-state index is 0.466. The molecule has 0 radical (unpaired) electrons. The lowest BCUT2D eigenvalue weighted by Gasteiger charge is -2.34. The van der Waals surface area contributed by atoms with E-state index in [1.165, 1.54) is 24.8 Å². The number of rotatable bonds is 4. The summed E-state index contributed by atoms with van der Waals surface area (Å²) in [5, 5.41) is 4.39. The number of nitrogens with one attached hydrogen (secondary N) is 1. The van der Waals surface area contributed by atoms with Crippen molar-refractivity contribution in [2.75, 3.05) is 6.54 Å². The molecule has 0 spiro atoms. The molecule has 1 aliphatic rings. The first-order valence-corrected chi connectivity index (χ1v) is 7.07. The molecule has 0 bridgehead atoms. The van der Waals surface area contributed by atoms with Crippen LogP contribution >= 0.6 is 27.5 Å². The molecule has 1 aromatic carbocycles. The predicted molar refractivity (Wildman–Crippen MR) is 72.9 cm³/mol. The van der Waals surface area contributed by atoms with Crippen LogP contribution in [-0.2, 0) is 0 Å². The van der Waals surface area contributed by atoms with Crippen LogP contribution in [0.1, 0.15) is 37.8 Å². The maximum absolute atomic E-state index is 6.10. The molecule has 1 aromatic rings. The molecule has 0 aromatic heterocycles. The summed E-state index contributed by atoms with van der Waals surface area (Å²) in [6, 6.07) is 6.67. The topological polar surface area (TPSA) is 12.0 Å². The Kier molecular flexibility index (Phi) is 4.28. The van der Waals surface area contributed by atoms with Crippen LogP contribution in [0, 0.1) is 5.92 Å². The fourth-order valence-corrected chi connectivity index (χ4v) is 3.19. The molecule has 0 heterocycles. The molecular weight excluding hydrogens is 286 g/mol. The first-order chi connectivity index (χ1) is 7.70. The van der Waals surface area contributed by atoms with Gasteiger partial charge in [0.05, 0.1) is 0 Å². The molecule has 1 nitrogen and oxygen atoms in total. The molecule has 88 valence electrons. The molecule has 1 atom stereocenters. The first-order valence-electron chi connectivity index (χ1n) is 5.90. The highest BCUT2D eigenvalue weighted by Crippen LogP contribution is 2.38. The van der Waals surface area contributed by atoms with E-state index in [-0.39, 0.29) is 0 Å². The maximum Gasteiger partial charge on any atom is 0.0420 e. The van der Waals surface area contributed by atoms with E-state index >= 15 is 0 Å². The van der Waals surface area contributed by atoms with Crippen LogP contribution in [0.3, 0.4) is 0 Å². The van der Waals surface area contributed by atoms with Crippen molar-refractivity contribution >= 4 is 27.5 Å². The highest BCUT2D eigenvalue weighted by atomic mass is 79.9. The zero-order chi connectivity index (χ0) is 11.5. The fourth-order valence-electron chi connectivity index (χ4n) is 2.30.